The van der Waals surface area contributed by atoms with E-state index in [9.17, 15) is 18.5 Å². The number of hydrogen-bond donors (Lipinski definition) is 0. The zero-order valence-corrected chi connectivity index (χ0v) is 16.7. The highest BCUT2D eigenvalue weighted by Gasteiger charge is 2.29. The molecular formula is C19H29N3O4S. The van der Waals surface area contributed by atoms with E-state index in [4.69, 9.17) is 0 Å². The maximum Gasteiger partial charge on any atom is 0.269 e. The van der Waals surface area contributed by atoms with E-state index in [1.807, 2.05) is 6.92 Å². The van der Waals surface area contributed by atoms with E-state index in [1.165, 1.54) is 56.4 Å². The number of nitro benzene ring substituents is 1. The molecule has 0 N–H and O–H groups in total. The van der Waals surface area contributed by atoms with Crippen LogP contribution in [-0.2, 0) is 9.84 Å². The van der Waals surface area contributed by atoms with Gasteiger partial charge in [0.2, 0.25) is 0 Å². The molecule has 0 spiro atoms. The number of benzene rings is 1. The average Bonchev–Trinajstić information content (AvgIpc) is 2.68. The SMILES string of the molecule is CC(CS(=O)(=O)c1ccc([N+](=O)[O-])cc1)N1CCN(C2CCCCC2)CC1. The van der Waals surface area contributed by atoms with E-state index >= 15 is 0 Å². The fourth-order valence-electron chi connectivity index (χ4n) is 4.28. The second kappa shape index (κ2) is 8.67. The topological polar surface area (TPSA) is 83.8 Å². The van der Waals surface area contributed by atoms with Crippen molar-refractivity contribution in [2.24, 2.45) is 0 Å². The first-order valence-corrected chi connectivity index (χ1v) is 11.5. The first kappa shape index (κ1) is 20.2. The highest BCUT2D eigenvalue weighted by atomic mass is 32.2. The van der Waals surface area contributed by atoms with E-state index in [-0.39, 0.29) is 22.4 Å². The van der Waals surface area contributed by atoms with Gasteiger partial charge < -0.3 is 0 Å². The summed E-state index contributed by atoms with van der Waals surface area (Å²) in [5.41, 5.74) is -0.0965. The molecule has 1 saturated carbocycles. The molecule has 150 valence electrons. The Kier molecular flexibility index (Phi) is 6.49. The highest BCUT2D eigenvalue weighted by Crippen LogP contribution is 2.24. The Balaban J connectivity index is 1.55. The number of piperazine rings is 1. The second-order valence-corrected chi connectivity index (χ2v) is 9.78. The van der Waals surface area contributed by atoms with E-state index < -0.39 is 14.8 Å². The molecule has 7 nitrogen and oxygen atoms in total. The molecule has 1 heterocycles. The van der Waals surface area contributed by atoms with E-state index in [0.29, 0.717) is 6.04 Å². The Morgan fingerprint density at radius 2 is 1.67 bits per heavy atom. The lowest BCUT2D eigenvalue weighted by molar-refractivity contribution is -0.384. The monoisotopic (exact) mass is 395 g/mol. The van der Waals surface area contributed by atoms with Crippen molar-refractivity contribution in [3.05, 3.63) is 34.4 Å². The third-order valence-electron chi connectivity index (χ3n) is 5.93. The summed E-state index contributed by atoms with van der Waals surface area (Å²) < 4.78 is 25.3. The number of hydrogen-bond acceptors (Lipinski definition) is 6. The standard InChI is InChI=1S/C19H29N3O4S/c1-16(15-27(25,26)19-9-7-18(8-10-19)22(23)24)20-11-13-21(14-12-20)17-5-3-2-4-6-17/h7-10,16-17H,2-6,11-15H2,1H3. The number of non-ortho nitro benzene ring substituents is 1. The Labute approximate surface area is 161 Å². The lowest BCUT2D eigenvalue weighted by Gasteiger charge is -2.42. The van der Waals surface area contributed by atoms with Gasteiger partial charge in [0.05, 0.1) is 15.6 Å². The van der Waals surface area contributed by atoms with E-state index in [2.05, 4.69) is 9.80 Å². The fourth-order valence-corrected chi connectivity index (χ4v) is 5.87. The number of nitro groups is 1. The third kappa shape index (κ3) is 5.06. The van der Waals surface area contributed by atoms with Gasteiger partial charge in [-0.15, -0.1) is 0 Å². The third-order valence-corrected chi connectivity index (χ3v) is 7.84. The van der Waals surface area contributed by atoms with Crippen LogP contribution in [0.25, 0.3) is 0 Å². The van der Waals surface area contributed by atoms with Gasteiger partial charge in [-0.05, 0) is 31.9 Å². The minimum atomic E-state index is -3.46. The number of rotatable bonds is 6. The quantitative estimate of drug-likeness (QED) is 0.544. The van der Waals surface area contributed by atoms with Crippen molar-refractivity contribution in [2.75, 3.05) is 31.9 Å². The van der Waals surface area contributed by atoms with E-state index in [1.54, 1.807) is 0 Å². The van der Waals surface area contributed by atoms with Gasteiger partial charge in [-0.3, -0.25) is 19.9 Å². The van der Waals surface area contributed by atoms with Gasteiger partial charge in [-0.2, -0.15) is 0 Å². The molecule has 1 saturated heterocycles. The Morgan fingerprint density at radius 1 is 1.07 bits per heavy atom. The van der Waals surface area contributed by atoms with Gasteiger partial charge in [0.15, 0.2) is 9.84 Å². The van der Waals surface area contributed by atoms with E-state index in [0.717, 1.165) is 26.2 Å². The molecule has 0 radical (unpaired) electrons. The Bertz CT molecular complexity index is 737. The summed E-state index contributed by atoms with van der Waals surface area (Å²) in [6.07, 6.45) is 6.60. The highest BCUT2D eigenvalue weighted by molar-refractivity contribution is 7.91. The van der Waals surface area contributed by atoms with Crippen LogP contribution in [0.5, 0.6) is 0 Å². The molecule has 1 aliphatic carbocycles. The normalized spacial score (nSPS) is 21.8. The van der Waals surface area contributed by atoms with Crippen LogP contribution in [0.15, 0.2) is 29.2 Å². The van der Waals surface area contributed by atoms with Crippen molar-refractivity contribution in [2.45, 2.75) is 56.0 Å². The molecule has 0 amide bonds. The van der Waals surface area contributed by atoms with Gasteiger partial charge in [-0.1, -0.05) is 19.3 Å². The van der Waals surface area contributed by atoms with Gasteiger partial charge >= 0.3 is 0 Å². The summed E-state index contributed by atoms with van der Waals surface area (Å²) in [5.74, 6) is 0.0360. The summed E-state index contributed by atoms with van der Waals surface area (Å²) in [7, 11) is -3.46. The van der Waals surface area contributed by atoms with Crippen LogP contribution >= 0.6 is 0 Å². The second-order valence-electron chi connectivity index (χ2n) is 7.75. The predicted molar refractivity (Wildman–Crippen MR) is 105 cm³/mol. The van der Waals surface area contributed by atoms with Gasteiger partial charge in [-0.25, -0.2) is 8.42 Å². The van der Waals surface area contributed by atoms with Crippen LogP contribution in [0.2, 0.25) is 0 Å². The van der Waals surface area contributed by atoms with Crippen molar-refractivity contribution in [3.63, 3.8) is 0 Å². The van der Waals surface area contributed by atoms with Crippen LogP contribution in [0.4, 0.5) is 5.69 Å². The molecule has 1 aliphatic heterocycles. The molecule has 2 aliphatic rings. The van der Waals surface area contributed by atoms with Crippen LogP contribution in [0.3, 0.4) is 0 Å². The summed E-state index contributed by atoms with van der Waals surface area (Å²) in [6.45, 7) is 5.76. The summed E-state index contributed by atoms with van der Waals surface area (Å²) >= 11 is 0. The molecule has 1 unspecified atom stereocenters. The molecule has 1 aromatic rings. The summed E-state index contributed by atoms with van der Waals surface area (Å²) in [5, 5.41) is 10.7. The minimum Gasteiger partial charge on any atom is -0.298 e. The minimum absolute atomic E-state index is 0.0360. The van der Waals surface area contributed by atoms with Gasteiger partial charge in [0, 0.05) is 50.4 Å². The fraction of sp³-hybridized carbons (Fsp3) is 0.684. The molecule has 2 fully saturated rings. The molecular weight excluding hydrogens is 366 g/mol. The summed E-state index contributed by atoms with van der Waals surface area (Å²) in [6, 6.07) is 5.81. The maximum absolute atomic E-state index is 12.7. The maximum atomic E-state index is 12.7. The first-order valence-electron chi connectivity index (χ1n) is 9.82. The molecule has 8 heteroatoms. The molecule has 1 aromatic carbocycles. The molecule has 3 rings (SSSR count). The van der Waals surface area contributed by atoms with Crippen LogP contribution in [-0.4, -0.2) is 67.2 Å². The van der Waals surface area contributed by atoms with Crippen LogP contribution in [0.1, 0.15) is 39.0 Å². The first-order chi connectivity index (χ1) is 12.9. The van der Waals surface area contributed by atoms with Crippen molar-refractivity contribution in [3.8, 4) is 0 Å². The predicted octanol–water partition coefficient (Wildman–Crippen LogP) is 2.71. The molecule has 27 heavy (non-hydrogen) atoms. The lowest BCUT2D eigenvalue weighted by Crippen LogP contribution is -2.54. The zero-order chi connectivity index (χ0) is 19.4. The van der Waals surface area contributed by atoms with Crippen molar-refractivity contribution >= 4 is 15.5 Å². The van der Waals surface area contributed by atoms with Gasteiger partial charge in [0.1, 0.15) is 0 Å². The largest absolute Gasteiger partial charge is 0.298 e. The molecule has 0 aromatic heterocycles. The molecule has 0 bridgehead atoms. The van der Waals surface area contributed by atoms with Crippen LogP contribution in [0, 0.1) is 10.1 Å². The number of sulfone groups is 1. The number of nitrogens with zero attached hydrogens (tertiary/aromatic N) is 3. The van der Waals surface area contributed by atoms with Crippen molar-refractivity contribution in [1.82, 2.24) is 9.80 Å². The average molecular weight is 396 g/mol. The van der Waals surface area contributed by atoms with Crippen molar-refractivity contribution < 1.29 is 13.3 Å². The zero-order valence-electron chi connectivity index (χ0n) is 15.9. The van der Waals surface area contributed by atoms with Crippen molar-refractivity contribution in [1.29, 1.82) is 0 Å². The smallest absolute Gasteiger partial charge is 0.269 e. The summed E-state index contributed by atoms with van der Waals surface area (Å²) in [4.78, 5) is 15.2. The Hall–Kier alpha value is -1.51. The van der Waals surface area contributed by atoms with Gasteiger partial charge in [0.25, 0.3) is 5.69 Å². The molecule has 1 atom stereocenters. The van der Waals surface area contributed by atoms with Crippen LogP contribution < -0.4 is 0 Å². The lowest BCUT2D eigenvalue weighted by atomic mass is 9.94. The Morgan fingerprint density at radius 3 is 2.22 bits per heavy atom.